The average molecular weight is 350 g/mol. The van der Waals surface area contributed by atoms with Gasteiger partial charge in [0.1, 0.15) is 11.6 Å². The number of rotatable bonds is 8. The van der Waals surface area contributed by atoms with Gasteiger partial charge in [-0.3, -0.25) is 0 Å². The van der Waals surface area contributed by atoms with Crippen LogP contribution < -0.4 is 4.74 Å². The minimum atomic E-state index is -0.306. The molecule has 0 saturated heterocycles. The third-order valence-electron chi connectivity index (χ3n) is 3.45. The molecule has 2 aromatic rings. The van der Waals surface area contributed by atoms with Crippen LogP contribution in [0.1, 0.15) is 18.1 Å². The fourth-order valence-corrected chi connectivity index (χ4v) is 2.07. The van der Waals surface area contributed by atoms with Crippen molar-refractivity contribution >= 4 is 0 Å². The Bertz CT molecular complexity index is 590. The van der Waals surface area contributed by atoms with E-state index < -0.39 is 0 Å². The molecule has 1 unspecified atom stereocenters. The summed E-state index contributed by atoms with van der Waals surface area (Å²) in [7, 11) is 1.52. The fraction of sp³-hybridized carbons (Fsp3) is 0.400. The van der Waals surface area contributed by atoms with Crippen LogP contribution in [-0.4, -0.2) is 37.1 Å². The lowest BCUT2D eigenvalue weighted by molar-refractivity contribution is 0.0696. The van der Waals surface area contributed by atoms with Crippen molar-refractivity contribution < 1.29 is 24.1 Å². The summed E-state index contributed by atoms with van der Waals surface area (Å²) in [6.45, 7) is 3.40. The van der Waals surface area contributed by atoms with Gasteiger partial charge in [-0.15, -0.1) is 0 Å². The van der Waals surface area contributed by atoms with Crippen molar-refractivity contribution in [1.29, 1.82) is 0 Å². The summed E-state index contributed by atoms with van der Waals surface area (Å²) in [6.07, 6.45) is 0.418. The molecule has 0 aliphatic rings. The Labute approximate surface area is 148 Å². The van der Waals surface area contributed by atoms with E-state index in [1.165, 1.54) is 24.8 Å². The highest BCUT2D eigenvalue weighted by Crippen LogP contribution is 2.19. The molecule has 0 bridgehead atoms. The third kappa shape index (κ3) is 8.63. The lowest BCUT2D eigenvalue weighted by atomic mass is 10.1. The zero-order valence-corrected chi connectivity index (χ0v) is 14.8. The van der Waals surface area contributed by atoms with Crippen molar-refractivity contribution in [3.63, 3.8) is 0 Å². The van der Waals surface area contributed by atoms with Crippen LogP contribution in [0.3, 0.4) is 0 Å². The standard InChI is InChI=1S/C11H16O2.C9H11FO2/c1-10(7-12)8-13-9-11-5-3-2-4-6-11;1-12-9-3-2-8(10)6-7(9)4-5-11/h2-6,10,12H,7-9H2,1H3;2-3,6,11H,4-5H2,1H3. The molecule has 0 aliphatic carbocycles. The van der Waals surface area contributed by atoms with Crippen LogP contribution in [0.25, 0.3) is 0 Å². The maximum absolute atomic E-state index is 12.7. The molecule has 0 radical (unpaired) electrons. The minimum absolute atomic E-state index is 0.000185. The van der Waals surface area contributed by atoms with Crippen molar-refractivity contribution in [2.45, 2.75) is 20.0 Å². The molecule has 138 valence electrons. The van der Waals surface area contributed by atoms with Gasteiger partial charge in [-0.1, -0.05) is 37.3 Å². The van der Waals surface area contributed by atoms with E-state index in [1.54, 1.807) is 6.07 Å². The lowest BCUT2D eigenvalue weighted by Crippen LogP contribution is -2.09. The van der Waals surface area contributed by atoms with Gasteiger partial charge in [-0.25, -0.2) is 4.39 Å². The molecule has 0 aromatic heterocycles. The molecule has 2 N–H and O–H groups in total. The summed E-state index contributed by atoms with van der Waals surface area (Å²) in [4.78, 5) is 0. The first-order valence-electron chi connectivity index (χ1n) is 8.26. The fourth-order valence-electron chi connectivity index (χ4n) is 2.07. The zero-order valence-electron chi connectivity index (χ0n) is 14.8. The third-order valence-corrected chi connectivity index (χ3v) is 3.45. The number of hydrogen-bond acceptors (Lipinski definition) is 4. The van der Waals surface area contributed by atoms with Crippen molar-refractivity contribution in [2.24, 2.45) is 5.92 Å². The zero-order chi connectivity index (χ0) is 18.5. The Morgan fingerprint density at radius 1 is 1.08 bits per heavy atom. The first-order valence-corrected chi connectivity index (χ1v) is 8.26. The predicted octanol–water partition coefficient (Wildman–Crippen LogP) is 3.20. The monoisotopic (exact) mass is 350 g/mol. The minimum Gasteiger partial charge on any atom is -0.496 e. The molecule has 4 nitrogen and oxygen atoms in total. The van der Waals surface area contributed by atoms with Gasteiger partial charge >= 0.3 is 0 Å². The Hall–Kier alpha value is -1.95. The average Bonchev–Trinajstić information content (AvgIpc) is 2.63. The second kappa shape index (κ2) is 12.4. The van der Waals surface area contributed by atoms with Gasteiger partial charge in [-0.2, -0.15) is 0 Å². The topological polar surface area (TPSA) is 58.9 Å². The quantitative estimate of drug-likeness (QED) is 0.768. The van der Waals surface area contributed by atoms with E-state index in [1.807, 2.05) is 37.3 Å². The predicted molar refractivity (Wildman–Crippen MR) is 96.1 cm³/mol. The molecule has 0 amide bonds. The van der Waals surface area contributed by atoms with Crippen molar-refractivity contribution in [3.8, 4) is 5.75 Å². The van der Waals surface area contributed by atoms with E-state index in [0.717, 1.165) is 0 Å². The van der Waals surface area contributed by atoms with E-state index in [4.69, 9.17) is 19.7 Å². The highest BCUT2D eigenvalue weighted by molar-refractivity contribution is 5.33. The van der Waals surface area contributed by atoms with Gasteiger partial charge in [0.05, 0.1) is 20.3 Å². The van der Waals surface area contributed by atoms with Crippen LogP contribution in [0.15, 0.2) is 48.5 Å². The first kappa shape index (κ1) is 21.1. The summed E-state index contributed by atoms with van der Waals surface area (Å²) in [6, 6.07) is 14.3. The Balaban J connectivity index is 0.000000251. The summed E-state index contributed by atoms with van der Waals surface area (Å²) in [5.74, 6) is 0.536. The van der Waals surface area contributed by atoms with Crippen LogP contribution in [-0.2, 0) is 17.8 Å². The summed E-state index contributed by atoms with van der Waals surface area (Å²) < 4.78 is 23.1. The number of methoxy groups -OCH3 is 1. The maximum Gasteiger partial charge on any atom is 0.123 e. The molecule has 0 aliphatic heterocycles. The summed E-state index contributed by atoms with van der Waals surface area (Å²) in [5.41, 5.74) is 1.87. The molecule has 0 saturated carbocycles. The highest BCUT2D eigenvalue weighted by Gasteiger charge is 2.03. The van der Waals surface area contributed by atoms with Gasteiger partial charge in [0.15, 0.2) is 0 Å². The Kier molecular flexibility index (Phi) is 10.5. The van der Waals surface area contributed by atoms with E-state index >= 15 is 0 Å². The van der Waals surface area contributed by atoms with Gasteiger partial charge in [0, 0.05) is 19.1 Å². The van der Waals surface area contributed by atoms with E-state index in [-0.39, 0.29) is 24.9 Å². The van der Waals surface area contributed by atoms with E-state index in [9.17, 15) is 4.39 Å². The number of ether oxygens (including phenoxy) is 2. The van der Waals surface area contributed by atoms with E-state index in [0.29, 0.717) is 30.9 Å². The highest BCUT2D eigenvalue weighted by atomic mass is 19.1. The van der Waals surface area contributed by atoms with Crippen molar-refractivity contribution in [3.05, 3.63) is 65.5 Å². The smallest absolute Gasteiger partial charge is 0.123 e. The van der Waals surface area contributed by atoms with Crippen LogP contribution in [0.2, 0.25) is 0 Å². The largest absolute Gasteiger partial charge is 0.496 e. The SMILES string of the molecule is CC(CO)COCc1ccccc1.COc1ccc(F)cc1CCO. The van der Waals surface area contributed by atoms with Crippen LogP contribution in [0.4, 0.5) is 4.39 Å². The molecular formula is C20H27FO4. The van der Waals surface area contributed by atoms with Gasteiger partial charge in [0.25, 0.3) is 0 Å². The molecule has 0 spiro atoms. The lowest BCUT2D eigenvalue weighted by Gasteiger charge is -2.08. The molecule has 1 atom stereocenters. The maximum atomic E-state index is 12.7. The molecular weight excluding hydrogens is 323 g/mol. The number of benzene rings is 2. The van der Waals surface area contributed by atoms with Crippen molar-refractivity contribution in [2.75, 3.05) is 26.9 Å². The number of aliphatic hydroxyl groups is 2. The molecule has 0 fully saturated rings. The number of hydrogen-bond donors (Lipinski definition) is 2. The first-order chi connectivity index (χ1) is 12.1. The second-order valence-electron chi connectivity index (χ2n) is 5.72. The van der Waals surface area contributed by atoms with Gasteiger partial charge < -0.3 is 19.7 Å². The molecule has 2 aromatic carbocycles. The normalized spacial score (nSPS) is 11.4. The summed E-state index contributed by atoms with van der Waals surface area (Å²) >= 11 is 0. The molecule has 0 heterocycles. The van der Waals surface area contributed by atoms with Crippen LogP contribution >= 0.6 is 0 Å². The molecule has 2 rings (SSSR count). The van der Waals surface area contributed by atoms with Gasteiger partial charge in [-0.05, 0) is 35.7 Å². The van der Waals surface area contributed by atoms with Crippen molar-refractivity contribution in [1.82, 2.24) is 0 Å². The molecule has 25 heavy (non-hydrogen) atoms. The van der Waals surface area contributed by atoms with Crippen LogP contribution in [0.5, 0.6) is 5.75 Å². The number of halogens is 1. The molecule has 5 heteroatoms. The second-order valence-corrected chi connectivity index (χ2v) is 5.72. The number of aliphatic hydroxyl groups excluding tert-OH is 2. The Morgan fingerprint density at radius 3 is 2.40 bits per heavy atom. The Morgan fingerprint density at radius 2 is 1.80 bits per heavy atom. The van der Waals surface area contributed by atoms with Crippen LogP contribution in [0, 0.1) is 11.7 Å². The van der Waals surface area contributed by atoms with E-state index in [2.05, 4.69) is 0 Å². The summed E-state index contributed by atoms with van der Waals surface area (Å²) in [5, 5.41) is 17.4. The van der Waals surface area contributed by atoms with Gasteiger partial charge in [0.2, 0.25) is 0 Å².